The Morgan fingerprint density at radius 3 is 2.41 bits per heavy atom. The van der Waals surface area contributed by atoms with Crippen molar-refractivity contribution in [1.29, 1.82) is 0 Å². The molecule has 2 aromatic rings. The number of primary amides is 1. The number of benzene rings is 1. The summed E-state index contributed by atoms with van der Waals surface area (Å²) >= 11 is 0. The normalized spacial score (nSPS) is 10.5. The predicted molar refractivity (Wildman–Crippen MR) is 65.8 cm³/mol. The second kappa shape index (κ2) is 4.41. The summed E-state index contributed by atoms with van der Waals surface area (Å²) in [5.41, 5.74) is 8.95. The average molecular weight is 229 g/mol. The molecule has 0 fully saturated rings. The fourth-order valence-electron chi connectivity index (χ4n) is 1.78. The van der Waals surface area contributed by atoms with Gasteiger partial charge in [0.25, 0.3) is 0 Å². The quantitative estimate of drug-likeness (QED) is 0.869. The van der Waals surface area contributed by atoms with E-state index in [2.05, 4.69) is 5.10 Å². The van der Waals surface area contributed by atoms with E-state index in [-0.39, 0.29) is 0 Å². The van der Waals surface area contributed by atoms with E-state index in [9.17, 15) is 4.79 Å². The zero-order valence-corrected chi connectivity index (χ0v) is 9.97. The molecule has 0 saturated carbocycles. The standard InChI is InChI=1S/C13H15N3O/c1-9-7-10(2)16(15-9)8-11-3-5-12(6-4-11)13(14)17/h3-7H,8H2,1-2H3,(H2,14,17). The lowest BCUT2D eigenvalue weighted by Gasteiger charge is -2.05. The third kappa shape index (κ3) is 2.53. The zero-order chi connectivity index (χ0) is 12.4. The summed E-state index contributed by atoms with van der Waals surface area (Å²) in [4.78, 5) is 10.9. The van der Waals surface area contributed by atoms with E-state index in [0.29, 0.717) is 12.1 Å². The van der Waals surface area contributed by atoms with Crippen LogP contribution in [0, 0.1) is 13.8 Å². The fraction of sp³-hybridized carbons (Fsp3) is 0.231. The van der Waals surface area contributed by atoms with Gasteiger partial charge in [-0.05, 0) is 37.6 Å². The van der Waals surface area contributed by atoms with Crippen molar-refractivity contribution in [3.8, 4) is 0 Å². The van der Waals surface area contributed by atoms with Crippen LogP contribution in [0.15, 0.2) is 30.3 Å². The minimum atomic E-state index is -0.400. The maximum absolute atomic E-state index is 10.9. The Balaban J connectivity index is 2.19. The van der Waals surface area contributed by atoms with Crippen LogP contribution in [0.5, 0.6) is 0 Å². The second-order valence-electron chi connectivity index (χ2n) is 4.15. The molecular formula is C13H15N3O. The van der Waals surface area contributed by atoms with Crippen molar-refractivity contribution in [3.63, 3.8) is 0 Å². The Labute approximate surface area is 100 Å². The zero-order valence-electron chi connectivity index (χ0n) is 9.97. The highest BCUT2D eigenvalue weighted by Crippen LogP contribution is 2.08. The van der Waals surface area contributed by atoms with E-state index in [1.165, 1.54) is 0 Å². The highest BCUT2D eigenvalue weighted by Gasteiger charge is 2.03. The first-order valence-electron chi connectivity index (χ1n) is 5.46. The number of aromatic nitrogens is 2. The smallest absolute Gasteiger partial charge is 0.248 e. The summed E-state index contributed by atoms with van der Waals surface area (Å²) in [5.74, 6) is -0.400. The maximum atomic E-state index is 10.9. The fourth-order valence-corrected chi connectivity index (χ4v) is 1.78. The molecule has 17 heavy (non-hydrogen) atoms. The molecule has 0 bridgehead atoms. The number of rotatable bonds is 3. The van der Waals surface area contributed by atoms with Gasteiger partial charge in [-0.15, -0.1) is 0 Å². The number of aryl methyl sites for hydroxylation is 2. The third-order valence-corrected chi connectivity index (χ3v) is 2.67. The summed E-state index contributed by atoms with van der Waals surface area (Å²) in [6, 6.07) is 9.32. The molecule has 2 rings (SSSR count). The molecule has 4 heteroatoms. The molecule has 4 nitrogen and oxygen atoms in total. The Hall–Kier alpha value is -2.10. The highest BCUT2D eigenvalue weighted by molar-refractivity contribution is 5.92. The molecule has 2 N–H and O–H groups in total. The van der Waals surface area contributed by atoms with Crippen molar-refractivity contribution in [1.82, 2.24) is 9.78 Å². The van der Waals surface area contributed by atoms with Gasteiger partial charge >= 0.3 is 0 Å². The molecule has 0 unspecified atom stereocenters. The van der Waals surface area contributed by atoms with Gasteiger partial charge < -0.3 is 5.73 Å². The number of carbonyl (C=O) groups is 1. The molecule has 0 aliphatic heterocycles. The van der Waals surface area contributed by atoms with E-state index in [0.717, 1.165) is 17.0 Å². The minimum Gasteiger partial charge on any atom is -0.366 e. The second-order valence-corrected chi connectivity index (χ2v) is 4.15. The third-order valence-electron chi connectivity index (χ3n) is 2.67. The molecule has 1 heterocycles. The van der Waals surface area contributed by atoms with Crippen LogP contribution in [0.1, 0.15) is 27.3 Å². The van der Waals surface area contributed by atoms with Crippen LogP contribution in [0.3, 0.4) is 0 Å². The maximum Gasteiger partial charge on any atom is 0.248 e. The Kier molecular flexibility index (Phi) is 2.95. The molecule has 0 aliphatic rings. The minimum absolute atomic E-state index is 0.400. The number of hydrogen-bond acceptors (Lipinski definition) is 2. The summed E-state index contributed by atoms with van der Waals surface area (Å²) < 4.78 is 1.94. The molecule has 0 spiro atoms. The average Bonchev–Trinajstić information content (AvgIpc) is 2.58. The Bertz CT molecular complexity index is 540. The number of amides is 1. The van der Waals surface area contributed by atoms with Crippen LogP contribution in [0.25, 0.3) is 0 Å². The number of nitrogens with two attached hydrogens (primary N) is 1. The van der Waals surface area contributed by atoms with E-state index in [1.54, 1.807) is 12.1 Å². The Morgan fingerprint density at radius 2 is 1.94 bits per heavy atom. The van der Waals surface area contributed by atoms with Gasteiger partial charge in [0.15, 0.2) is 0 Å². The van der Waals surface area contributed by atoms with Crippen molar-refractivity contribution >= 4 is 5.91 Å². The summed E-state index contributed by atoms with van der Waals surface area (Å²) in [6.45, 7) is 4.70. The highest BCUT2D eigenvalue weighted by atomic mass is 16.1. The van der Waals surface area contributed by atoms with Crippen LogP contribution in [-0.4, -0.2) is 15.7 Å². The summed E-state index contributed by atoms with van der Waals surface area (Å²) in [5, 5.41) is 4.39. The lowest BCUT2D eigenvalue weighted by molar-refractivity contribution is 0.100. The lowest BCUT2D eigenvalue weighted by atomic mass is 10.1. The van der Waals surface area contributed by atoms with E-state index < -0.39 is 5.91 Å². The van der Waals surface area contributed by atoms with Crippen LogP contribution >= 0.6 is 0 Å². The first-order valence-corrected chi connectivity index (χ1v) is 5.46. The molecule has 0 radical (unpaired) electrons. The predicted octanol–water partition coefficient (Wildman–Crippen LogP) is 1.65. The van der Waals surface area contributed by atoms with Gasteiger partial charge in [0.1, 0.15) is 0 Å². The lowest BCUT2D eigenvalue weighted by Crippen LogP contribution is -2.11. The monoisotopic (exact) mass is 229 g/mol. The van der Waals surface area contributed by atoms with Crippen molar-refractivity contribution < 1.29 is 4.79 Å². The topological polar surface area (TPSA) is 60.9 Å². The first-order chi connectivity index (χ1) is 8.06. The van der Waals surface area contributed by atoms with Crippen molar-refractivity contribution in [2.45, 2.75) is 20.4 Å². The van der Waals surface area contributed by atoms with Gasteiger partial charge in [-0.1, -0.05) is 12.1 Å². The Morgan fingerprint density at radius 1 is 1.29 bits per heavy atom. The number of nitrogens with zero attached hydrogens (tertiary/aromatic N) is 2. The largest absolute Gasteiger partial charge is 0.366 e. The molecule has 0 saturated heterocycles. The van der Waals surface area contributed by atoms with E-state index in [1.807, 2.05) is 36.7 Å². The number of hydrogen-bond donors (Lipinski definition) is 1. The first kappa shape index (κ1) is 11.4. The number of carbonyl (C=O) groups excluding carboxylic acids is 1. The van der Waals surface area contributed by atoms with Crippen LogP contribution in [-0.2, 0) is 6.54 Å². The van der Waals surface area contributed by atoms with Crippen molar-refractivity contribution in [3.05, 3.63) is 52.8 Å². The summed E-state index contributed by atoms with van der Waals surface area (Å²) in [6.07, 6.45) is 0. The molecule has 1 amide bonds. The van der Waals surface area contributed by atoms with Crippen LogP contribution in [0.4, 0.5) is 0 Å². The van der Waals surface area contributed by atoms with Crippen LogP contribution < -0.4 is 5.73 Å². The van der Waals surface area contributed by atoms with Gasteiger partial charge in [-0.2, -0.15) is 5.10 Å². The molecule has 0 aliphatic carbocycles. The van der Waals surface area contributed by atoms with Gasteiger partial charge in [0.05, 0.1) is 12.2 Å². The molecule has 0 atom stereocenters. The molecular weight excluding hydrogens is 214 g/mol. The van der Waals surface area contributed by atoms with Crippen molar-refractivity contribution in [2.24, 2.45) is 5.73 Å². The molecule has 1 aromatic carbocycles. The van der Waals surface area contributed by atoms with E-state index >= 15 is 0 Å². The van der Waals surface area contributed by atoms with Gasteiger partial charge in [0, 0.05) is 11.3 Å². The molecule has 88 valence electrons. The van der Waals surface area contributed by atoms with Gasteiger partial charge in [0.2, 0.25) is 5.91 Å². The van der Waals surface area contributed by atoms with E-state index in [4.69, 9.17) is 5.73 Å². The van der Waals surface area contributed by atoms with Crippen LogP contribution in [0.2, 0.25) is 0 Å². The van der Waals surface area contributed by atoms with Crippen molar-refractivity contribution in [2.75, 3.05) is 0 Å². The summed E-state index contributed by atoms with van der Waals surface area (Å²) in [7, 11) is 0. The van der Waals surface area contributed by atoms with Gasteiger partial charge in [-0.25, -0.2) is 0 Å². The van der Waals surface area contributed by atoms with Gasteiger partial charge in [-0.3, -0.25) is 9.48 Å². The molecule has 1 aromatic heterocycles. The SMILES string of the molecule is Cc1cc(C)n(Cc2ccc(C(N)=O)cc2)n1.